The van der Waals surface area contributed by atoms with Crippen LogP contribution in [0, 0.1) is 6.92 Å². The summed E-state index contributed by atoms with van der Waals surface area (Å²) in [5.74, 6) is -0.0785. The molecule has 4 aromatic rings. The predicted octanol–water partition coefficient (Wildman–Crippen LogP) is 3.21. The lowest BCUT2D eigenvalue weighted by atomic mass is 10.0. The molecule has 160 valence electrons. The molecule has 1 aliphatic heterocycles. The summed E-state index contributed by atoms with van der Waals surface area (Å²) < 4.78 is 40.4. The Labute approximate surface area is 182 Å². The average molecular weight is 458 g/mol. The largest absolute Gasteiger partial charge is 0.441 e. The standard InChI is InChI=1S/C21H19N3O5S2/c1-12-23-15-7-6-13(10-16(15)29-12)31(26,27)24-8-9-28-17(11-24)19-14-4-2-3-5-18(14)30-20(19)21(22)25/h2-7,10,17H,8-9,11H2,1H3,(H2,22,25). The molecule has 1 atom stereocenters. The van der Waals surface area contributed by atoms with Crippen molar-refractivity contribution in [1.29, 1.82) is 0 Å². The van der Waals surface area contributed by atoms with Gasteiger partial charge in [0.2, 0.25) is 10.0 Å². The first-order valence-corrected chi connectivity index (χ1v) is 11.9. The zero-order valence-corrected chi connectivity index (χ0v) is 18.2. The molecule has 1 saturated heterocycles. The van der Waals surface area contributed by atoms with E-state index in [0.717, 1.165) is 10.1 Å². The van der Waals surface area contributed by atoms with E-state index in [9.17, 15) is 13.2 Å². The highest BCUT2D eigenvalue weighted by Crippen LogP contribution is 2.38. The molecule has 1 amide bonds. The zero-order valence-electron chi connectivity index (χ0n) is 16.6. The number of carbonyl (C=O) groups excluding carboxylic acids is 1. The number of sulfonamides is 1. The number of hydrogen-bond donors (Lipinski definition) is 1. The summed E-state index contributed by atoms with van der Waals surface area (Å²) >= 11 is 1.29. The van der Waals surface area contributed by atoms with Gasteiger partial charge in [-0.25, -0.2) is 13.4 Å². The lowest BCUT2D eigenvalue weighted by molar-refractivity contribution is -0.00188. The number of nitrogens with zero attached hydrogens (tertiary/aromatic N) is 2. The number of primary amides is 1. The molecular formula is C21H19N3O5S2. The summed E-state index contributed by atoms with van der Waals surface area (Å²) in [6.07, 6.45) is -0.599. The van der Waals surface area contributed by atoms with Crippen LogP contribution in [0.4, 0.5) is 0 Å². The molecule has 10 heteroatoms. The molecule has 1 unspecified atom stereocenters. The molecule has 1 aliphatic rings. The van der Waals surface area contributed by atoms with Crippen molar-refractivity contribution >= 4 is 48.5 Å². The molecule has 8 nitrogen and oxygen atoms in total. The summed E-state index contributed by atoms with van der Waals surface area (Å²) in [5.41, 5.74) is 7.29. The van der Waals surface area contributed by atoms with E-state index in [4.69, 9.17) is 14.9 Å². The maximum Gasteiger partial charge on any atom is 0.259 e. The summed E-state index contributed by atoms with van der Waals surface area (Å²) in [6, 6.07) is 12.2. The number of thiophene rings is 1. The Hall–Kier alpha value is -2.79. The molecule has 0 aliphatic carbocycles. The molecule has 0 saturated carbocycles. The fourth-order valence-electron chi connectivity index (χ4n) is 3.92. The van der Waals surface area contributed by atoms with Gasteiger partial charge < -0.3 is 14.9 Å². The number of morpholine rings is 1. The van der Waals surface area contributed by atoms with Gasteiger partial charge in [0.1, 0.15) is 5.52 Å². The number of rotatable bonds is 4. The highest BCUT2D eigenvalue weighted by Gasteiger charge is 2.35. The lowest BCUT2D eigenvalue weighted by Gasteiger charge is -2.32. The molecule has 0 bridgehead atoms. The van der Waals surface area contributed by atoms with Gasteiger partial charge in [0.25, 0.3) is 5.91 Å². The monoisotopic (exact) mass is 457 g/mol. The van der Waals surface area contributed by atoms with E-state index in [1.807, 2.05) is 24.3 Å². The zero-order chi connectivity index (χ0) is 21.8. The Morgan fingerprint density at radius 1 is 1.26 bits per heavy atom. The van der Waals surface area contributed by atoms with E-state index in [1.165, 1.54) is 27.8 Å². The second-order valence-corrected chi connectivity index (χ2v) is 10.3. The van der Waals surface area contributed by atoms with Crippen molar-refractivity contribution in [1.82, 2.24) is 9.29 Å². The lowest BCUT2D eigenvalue weighted by Crippen LogP contribution is -2.42. The van der Waals surface area contributed by atoms with E-state index in [-0.39, 0.29) is 24.6 Å². The number of carbonyl (C=O) groups is 1. The number of fused-ring (bicyclic) bond motifs is 2. The number of nitrogens with two attached hydrogens (primary N) is 1. The van der Waals surface area contributed by atoms with Crippen molar-refractivity contribution < 1.29 is 22.4 Å². The van der Waals surface area contributed by atoms with Crippen LogP contribution in [-0.2, 0) is 14.8 Å². The third-order valence-corrected chi connectivity index (χ3v) is 8.38. The van der Waals surface area contributed by atoms with Gasteiger partial charge in [0.15, 0.2) is 11.5 Å². The van der Waals surface area contributed by atoms with Crippen molar-refractivity contribution in [3.63, 3.8) is 0 Å². The molecular weight excluding hydrogens is 438 g/mol. The number of aromatic nitrogens is 1. The van der Waals surface area contributed by atoms with E-state index in [2.05, 4.69) is 4.98 Å². The number of benzene rings is 2. The molecule has 2 aromatic carbocycles. The third-order valence-electron chi connectivity index (χ3n) is 5.31. The van der Waals surface area contributed by atoms with Crippen molar-refractivity contribution in [3.05, 3.63) is 58.8 Å². The van der Waals surface area contributed by atoms with Crippen LogP contribution in [0.2, 0.25) is 0 Å². The van der Waals surface area contributed by atoms with Gasteiger partial charge in [-0.05, 0) is 23.6 Å². The number of oxazole rings is 1. The van der Waals surface area contributed by atoms with Crippen LogP contribution < -0.4 is 5.73 Å². The topological polar surface area (TPSA) is 116 Å². The average Bonchev–Trinajstić information content (AvgIpc) is 3.33. The second kappa shape index (κ2) is 7.41. The van der Waals surface area contributed by atoms with Crippen LogP contribution in [0.3, 0.4) is 0 Å². The number of hydrogen-bond acceptors (Lipinski definition) is 7. The maximum absolute atomic E-state index is 13.4. The van der Waals surface area contributed by atoms with E-state index in [0.29, 0.717) is 27.4 Å². The van der Waals surface area contributed by atoms with Crippen molar-refractivity contribution in [2.24, 2.45) is 5.73 Å². The Morgan fingerprint density at radius 2 is 2.06 bits per heavy atom. The van der Waals surface area contributed by atoms with Gasteiger partial charge in [0.05, 0.1) is 22.5 Å². The SMILES string of the molecule is Cc1nc2ccc(S(=O)(=O)N3CCOC(c4c(C(N)=O)sc5ccccc45)C3)cc2o1. The number of amides is 1. The summed E-state index contributed by atoms with van der Waals surface area (Å²) in [4.78, 5) is 16.8. The smallest absolute Gasteiger partial charge is 0.259 e. The molecule has 0 spiro atoms. The Balaban J connectivity index is 1.52. The Bertz CT molecular complexity index is 1420. The van der Waals surface area contributed by atoms with Crippen LogP contribution in [0.5, 0.6) is 0 Å². The summed E-state index contributed by atoms with van der Waals surface area (Å²) in [7, 11) is -3.80. The highest BCUT2D eigenvalue weighted by molar-refractivity contribution is 7.89. The minimum Gasteiger partial charge on any atom is -0.441 e. The van der Waals surface area contributed by atoms with Gasteiger partial charge >= 0.3 is 0 Å². The molecule has 5 rings (SSSR count). The normalized spacial score (nSPS) is 18.0. The predicted molar refractivity (Wildman–Crippen MR) is 117 cm³/mol. The molecule has 31 heavy (non-hydrogen) atoms. The molecule has 2 aromatic heterocycles. The van der Waals surface area contributed by atoms with Gasteiger partial charge in [0, 0.05) is 36.3 Å². The van der Waals surface area contributed by atoms with Crippen LogP contribution in [0.25, 0.3) is 21.2 Å². The highest BCUT2D eigenvalue weighted by atomic mass is 32.2. The summed E-state index contributed by atoms with van der Waals surface area (Å²) in [6.45, 7) is 2.20. The first-order chi connectivity index (χ1) is 14.8. The number of ether oxygens (including phenoxy) is 1. The van der Waals surface area contributed by atoms with Crippen LogP contribution in [0.1, 0.15) is 27.2 Å². The molecule has 3 heterocycles. The fourth-order valence-corrected chi connectivity index (χ4v) is 6.46. The Morgan fingerprint density at radius 3 is 2.87 bits per heavy atom. The fraction of sp³-hybridized carbons (Fsp3) is 0.238. The van der Waals surface area contributed by atoms with Crippen molar-refractivity contribution in [2.45, 2.75) is 17.9 Å². The van der Waals surface area contributed by atoms with E-state index >= 15 is 0 Å². The first-order valence-electron chi connectivity index (χ1n) is 9.65. The Kier molecular flexibility index (Phi) is 4.82. The van der Waals surface area contributed by atoms with Crippen LogP contribution >= 0.6 is 11.3 Å². The molecule has 1 fully saturated rings. The van der Waals surface area contributed by atoms with E-state index in [1.54, 1.807) is 13.0 Å². The van der Waals surface area contributed by atoms with Gasteiger partial charge in [-0.1, -0.05) is 18.2 Å². The first kappa shape index (κ1) is 20.1. The van der Waals surface area contributed by atoms with Gasteiger partial charge in [-0.3, -0.25) is 4.79 Å². The minimum atomic E-state index is -3.80. The van der Waals surface area contributed by atoms with Gasteiger partial charge in [-0.2, -0.15) is 4.31 Å². The van der Waals surface area contributed by atoms with Crippen LogP contribution in [0.15, 0.2) is 51.8 Å². The van der Waals surface area contributed by atoms with Crippen molar-refractivity contribution in [3.8, 4) is 0 Å². The van der Waals surface area contributed by atoms with Crippen molar-refractivity contribution in [2.75, 3.05) is 19.7 Å². The summed E-state index contributed by atoms with van der Waals surface area (Å²) in [5, 5.41) is 0.851. The molecule has 2 N–H and O–H groups in total. The van der Waals surface area contributed by atoms with E-state index < -0.39 is 22.0 Å². The second-order valence-electron chi connectivity index (χ2n) is 7.29. The third kappa shape index (κ3) is 3.41. The molecule has 0 radical (unpaired) electrons. The van der Waals surface area contributed by atoms with Gasteiger partial charge in [-0.15, -0.1) is 11.3 Å². The minimum absolute atomic E-state index is 0.0802. The maximum atomic E-state index is 13.4. The number of aryl methyl sites for hydroxylation is 1. The quantitative estimate of drug-likeness (QED) is 0.503. The van der Waals surface area contributed by atoms with Crippen LogP contribution in [-0.4, -0.2) is 43.3 Å².